The summed E-state index contributed by atoms with van der Waals surface area (Å²) in [5, 5.41) is 23.0. The maximum absolute atomic E-state index is 11.7. The van der Waals surface area contributed by atoms with Crippen LogP contribution in [-0.4, -0.2) is 46.5 Å². The van der Waals surface area contributed by atoms with Gasteiger partial charge in [0.1, 0.15) is 5.82 Å². The molecule has 2 amide bonds. The van der Waals surface area contributed by atoms with Crippen LogP contribution in [0.4, 0.5) is 10.6 Å². The quantitative estimate of drug-likeness (QED) is 0.212. The molecular formula is C9H14N6O3. The first-order valence-corrected chi connectivity index (χ1v) is 5.37. The summed E-state index contributed by atoms with van der Waals surface area (Å²) < 4.78 is 5.14. The molecule has 6 N–H and O–H groups in total. The first-order valence-electron chi connectivity index (χ1n) is 5.37. The second kappa shape index (κ2) is 5.36. The summed E-state index contributed by atoms with van der Waals surface area (Å²) in [6.07, 6.45) is 2.13. The Labute approximate surface area is 102 Å². The molecule has 0 bridgehead atoms. The van der Waals surface area contributed by atoms with E-state index in [9.17, 15) is 4.79 Å². The maximum atomic E-state index is 11.7. The highest BCUT2D eigenvalue weighted by Crippen LogP contribution is 2.10. The van der Waals surface area contributed by atoms with Gasteiger partial charge in [0.05, 0.1) is 24.4 Å². The first-order chi connectivity index (χ1) is 8.70. The predicted octanol–water partition coefficient (Wildman–Crippen LogP) is -0.585. The van der Waals surface area contributed by atoms with Gasteiger partial charge in [-0.2, -0.15) is 5.10 Å². The standard InChI is InChI=1S/C9H14N6O3/c10-7(15-17)6-3-11-14-8(6)13-9(16)12-5-1-2-18-4-5/h3,5,17H,1-2,4H2,(H2,10,15)(H3,11,12,13,14,16). The minimum absolute atomic E-state index is 0.000210. The van der Waals surface area contributed by atoms with Gasteiger partial charge < -0.3 is 21.0 Å². The molecule has 1 aliphatic rings. The summed E-state index contributed by atoms with van der Waals surface area (Å²) >= 11 is 0. The number of amidine groups is 1. The molecule has 9 nitrogen and oxygen atoms in total. The van der Waals surface area contributed by atoms with Gasteiger partial charge in [0.2, 0.25) is 0 Å². The topological polar surface area (TPSA) is 138 Å². The number of H-pyrrole nitrogens is 1. The van der Waals surface area contributed by atoms with Crippen molar-refractivity contribution in [2.45, 2.75) is 12.5 Å². The third-order valence-corrected chi connectivity index (χ3v) is 2.53. The van der Waals surface area contributed by atoms with E-state index >= 15 is 0 Å². The molecule has 0 saturated carbocycles. The van der Waals surface area contributed by atoms with E-state index in [2.05, 4.69) is 26.0 Å². The Kier molecular flexibility index (Phi) is 3.63. The number of urea groups is 1. The van der Waals surface area contributed by atoms with Crippen molar-refractivity contribution in [3.05, 3.63) is 11.8 Å². The van der Waals surface area contributed by atoms with Crippen molar-refractivity contribution in [2.24, 2.45) is 10.9 Å². The lowest BCUT2D eigenvalue weighted by molar-refractivity contribution is 0.189. The van der Waals surface area contributed by atoms with E-state index in [1.165, 1.54) is 6.20 Å². The minimum atomic E-state index is -0.401. The molecule has 9 heteroatoms. The van der Waals surface area contributed by atoms with Crippen molar-refractivity contribution in [3.8, 4) is 0 Å². The smallest absolute Gasteiger partial charge is 0.320 e. The number of nitrogens with two attached hydrogens (primary N) is 1. The van der Waals surface area contributed by atoms with Gasteiger partial charge in [-0.15, -0.1) is 0 Å². The molecule has 0 aliphatic carbocycles. The number of hydrogen-bond acceptors (Lipinski definition) is 5. The molecule has 1 aromatic rings. The molecule has 98 valence electrons. The monoisotopic (exact) mass is 254 g/mol. The van der Waals surface area contributed by atoms with Crippen LogP contribution in [0.2, 0.25) is 0 Å². The molecule has 0 spiro atoms. The number of hydrogen-bond donors (Lipinski definition) is 5. The zero-order chi connectivity index (χ0) is 13.0. The number of aromatic nitrogens is 2. The largest absolute Gasteiger partial charge is 0.409 e. The lowest BCUT2D eigenvalue weighted by atomic mass is 10.3. The second-order valence-corrected chi connectivity index (χ2v) is 3.80. The van der Waals surface area contributed by atoms with Gasteiger partial charge in [0.15, 0.2) is 5.84 Å². The number of nitrogens with zero attached hydrogens (tertiary/aromatic N) is 2. The lowest BCUT2D eigenvalue weighted by Crippen LogP contribution is -2.38. The number of oxime groups is 1. The normalized spacial score (nSPS) is 19.8. The summed E-state index contributed by atoms with van der Waals surface area (Å²) in [6, 6.07) is -0.401. The van der Waals surface area contributed by atoms with Gasteiger partial charge in [0, 0.05) is 6.61 Å². The van der Waals surface area contributed by atoms with Crippen LogP contribution < -0.4 is 16.4 Å². The fourth-order valence-corrected chi connectivity index (χ4v) is 1.61. The highest BCUT2D eigenvalue weighted by Gasteiger charge is 2.19. The van der Waals surface area contributed by atoms with Crippen LogP contribution in [-0.2, 0) is 4.74 Å². The molecule has 0 aromatic carbocycles. The molecular weight excluding hydrogens is 240 g/mol. The van der Waals surface area contributed by atoms with Gasteiger partial charge in [0.25, 0.3) is 0 Å². The van der Waals surface area contributed by atoms with Crippen LogP contribution in [0.15, 0.2) is 11.4 Å². The van der Waals surface area contributed by atoms with Crippen molar-refractivity contribution in [3.63, 3.8) is 0 Å². The van der Waals surface area contributed by atoms with E-state index in [0.717, 1.165) is 6.42 Å². The summed E-state index contributed by atoms with van der Waals surface area (Å²) in [5.41, 5.74) is 5.74. The molecule has 2 heterocycles. The van der Waals surface area contributed by atoms with Crippen molar-refractivity contribution >= 4 is 17.7 Å². The predicted molar refractivity (Wildman–Crippen MR) is 62.5 cm³/mol. The fourth-order valence-electron chi connectivity index (χ4n) is 1.61. The minimum Gasteiger partial charge on any atom is -0.409 e. The summed E-state index contributed by atoms with van der Waals surface area (Å²) in [7, 11) is 0. The molecule has 0 radical (unpaired) electrons. The van der Waals surface area contributed by atoms with Crippen LogP contribution in [0.3, 0.4) is 0 Å². The van der Waals surface area contributed by atoms with E-state index in [4.69, 9.17) is 15.7 Å². The van der Waals surface area contributed by atoms with Crippen LogP contribution in [0.25, 0.3) is 0 Å². The third-order valence-electron chi connectivity index (χ3n) is 2.53. The number of carbonyl (C=O) groups is 1. The molecule has 1 aliphatic heterocycles. The lowest BCUT2D eigenvalue weighted by Gasteiger charge is -2.11. The van der Waals surface area contributed by atoms with Gasteiger partial charge in [-0.25, -0.2) is 4.79 Å². The second-order valence-electron chi connectivity index (χ2n) is 3.80. The van der Waals surface area contributed by atoms with E-state index < -0.39 is 6.03 Å². The number of aromatic amines is 1. The van der Waals surface area contributed by atoms with Crippen LogP contribution in [0.1, 0.15) is 12.0 Å². The van der Waals surface area contributed by atoms with E-state index in [1.54, 1.807) is 0 Å². The Morgan fingerprint density at radius 2 is 2.56 bits per heavy atom. The highest BCUT2D eigenvalue weighted by molar-refractivity contribution is 6.04. The van der Waals surface area contributed by atoms with Crippen LogP contribution in [0.5, 0.6) is 0 Å². The Balaban J connectivity index is 1.96. The molecule has 1 atom stereocenters. The molecule has 2 rings (SSSR count). The number of rotatable bonds is 3. The van der Waals surface area contributed by atoms with Crippen LogP contribution >= 0.6 is 0 Å². The number of ether oxygens (including phenoxy) is 1. The Morgan fingerprint density at radius 3 is 3.22 bits per heavy atom. The van der Waals surface area contributed by atoms with E-state index in [-0.39, 0.29) is 17.7 Å². The Hall–Kier alpha value is -2.29. The van der Waals surface area contributed by atoms with E-state index in [0.29, 0.717) is 18.8 Å². The van der Waals surface area contributed by atoms with Gasteiger partial charge in [-0.1, -0.05) is 5.16 Å². The van der Waals surface area contributed by atoms with Crippen molar-refractivity contribution < 1.29 is 14.7 Å². The zero-order valence-corrected chi connectivity index (χ0v) is 9.51. The van der Waals surface area contributed by atoms with Crippen LogP contribution in [0, 0.1) is 0 Å². The molecule has 1 saturated heterocycles. The number of nitrogens with one attached hydrogen (secondary N) is 3. The summed E-state index contributed by atoms with van der Waals surface area (Å²) in [4.78, 5) is 11.7. The van der Waals surface area contributed by atoms with Crippen molar-refractivity contribution in [1.82, 2.24) is 15.5 Å². The van der Waals surface area contributed by atoms with E-state index in [1.807, 2.05) is 0 Å². The average molecular weight is 254 g/mol. The summed E-state index contributed by atoms with van der Waals surface area (Å²) in [6.45, 7) is 1.15. The molecule has 1 unspecified atom stereocenters. The number of amides is 2. The SMILES string of the molecule is NC(=NO)c1cn[nH]c1NC(=O)NC1CCOC1. The third kappa shape index (κ3) is 2.69. The highest BCUT2D eigenvalue weighted by atomic mass is 16.5. The Morgan fingerprint density at radius 1 is 1.72 bits per heavy atom. The number of anilines is 1. The molecule has 18 heavy (non-hydrogen) atoms. The van der Waals surface area contributed by atoms with Crippen molar-refractivity contribution in [1.29, 1.82) is 0 Å². The first kappa shape index (κ1) is 12.2. The van der Waals surface area contributed by atoms with Gasteiger partial charge in [-0.05, 0) is 6.42 Å². The number of carbonyl (C=O) groups excluding carboxylic acids is 1. The zero-order valence-electron chi connectivity index (χ0n) is 9.51. The maximum Gasteiger partial charge on any atom is 0.320 e. The van der Waals surface area contributed by atoms with Gasteiger partial charge >= 0.3 is 6.03 Å². The van der Waals surface area contributed by atoms with Gasteiger partial charge in [-0.3, -0.25) is 10.4 Å². The fraction of sp³-hybridized carbons (Fsp3) is 0.444. The summed E-state index contributed by atoms with van der Waals surface area (Å²) in [5.74, 6) is 0.130. The molecule has 1 aromatic heterocycles. The average Bonchev–Trinajstić information content (AvgIpc) is 2.99. The Bertz CT molecular complexity index is 451. The van der Waals surface area contributed by atoms with Crippen molar-refractivity contribution in [2.75, 3.05) is 18.5 Å². The molecule has 1 fully saturated rings.